The van der Waals surface area contributed by atoms with Crippen molar-refractivity contribution in [1.82, 2.24) is 20.5 Å². The summed E-state index contributed by atoms with van der Waals surface area (Å²) in [4.78, 5) is 64.0. The highest BCUT2D eigenvalue weighted by Crippen LogP contribution is 2.45. The van der Waals surface area contributed by atoms with Crippen LogP contribution in [0.5, 0.6) is 17.2 Å². The van der Waals surface area contributed by atoms with Crippen LogP contribution in [-0.2, 0) is 14.4 Å². The number of aromatic carboxylic acids is 1. The van der Waals surface area contributed by atoms with Crippen LogP contribution in [0, 0.1) is 0 Å². The molecule has 1 atom stereocenters. The Kier molecular flexibility index (Phi) is 13.6. The minimum atomic E-state index is -1.44. The molecule has 4 aromatic carbocycles. The standard InChI is InChI=1S/C49H49N5O10.H2/c1-53(2)30-13-17-34-40(26-30)64-41-27-31(54(3)4)14-18-35(41)46(34)33-16-12-29(25-38(33)49(60)61)48(59)51-23-22-50-43(55)11-7-8-24-62-32-15-19-37-42(28-32)63-39-10-6-5-9-36(39)47(37)52-44(56)20-21-45(57)58;/h5-6,9-10,12-19,25-28,47H,7-8,11,20-24H2,1-4H3,(H4-,50,51,52,55,56,57,58,59,60,61);1H. The molecule has 1 unspecified atom stereocenters. The van der Waals surface area contributed by atoms with E-state index in [-0.39, 0.29) is 56.7 Å². The zero-order valence-corrected chi connectivity index (χ0v) is 36.0. The largest absolute Gasteiger partial charge is 0.545 e. The molecule has 4 N–H and O–H groups in total. The molecular formula is C49H51N5O10. The highest BCUT2D eigenvalue weighted by atomic mass is 16.5. The summed E-state index contributed by atoms with van der Waals surface area (Å²) in [5.41, 5.74) is 4.64. The lowest BCUT2D eigenvalue weighted by Crippen LogP contribution is -2.34. The molecule has 2 aliphatic heterocycles. The highest BCUT2D eigenvalue weighted by Gasteiger charge is 2.29. The first kappa shape index (κ1) is 44.4. The van der Waals surface area contributed by atoms with Crippen molar-refractivity contribution in [1.29, 1.82) is 0 Å². The predicted molar refractivity (Wildman–Crippen MR) is 241 cm³/mol. The average Bonchev–Trinajstić information content (AvgIpc) is 3.27. The van der Waals surface area contributed by atoms with Gasteiger partial charge in [0.1, 0.15) is 42.7 Å². The first-order valence-electron chi connectivity index (χ1n) is 20.9. The number of carbonyl (C=O) groups excluding carboxylic acids is 4. The Bertz CT molecular complexity index is 2820. The zero-order chi connectivity index (χ0) is 45.5. The monoisotopic (exact) mass is 869 g/mol. The molecule has 0 saturated carbocycles. The van der Waals surface area contributed by atoms with Crippen LogP contribution in [0.1, 0.15) is 71.4 Å². The highest BCUT2D eigenvalue weighted by molar-refractivity contribution is 6.09. The number of amides is 3. The van der Waals surface area contributed by atoms with Crippen molar-refractivity contribution in [3.63, 3.8) is 0 Å². The maximum atomic E-state index is 13.2. The van der Waals surface area contributed by atoms with Crippen molar-refractivity contribution in [2.24, 2.45) is 0 Å². The summed E-state index contributed by atoms with van der Waals surface area (Å²) in [6.45, 7) is 0.619. The molecule has 1 aliphatic carbocycles. The summed E-state index contributed by atoms with van der Waals surface area (Å²) in [5, 5.41) is 31.7. The number of benzene rings is 5. The molecule has 0 aromatic heterocycles. The first-order chi connectivity index (χ1) is 30.8. The number of carboxylic acids is 2. The predicted octanol–water partition coefficient (Wildman–Crippen LogP) is 5.18. The molecule has 4 aromatic rings. The SMILES string of the molecule is CN(C)c1ccc2c(-c3ccc(C(=O)NCCNC(=O)CCCCOc4ccc5c(c4)Oc4ccccc4C5NC(=O)CCC(=O)O)cc3C(=O)[O-])c3ccc(=[N+](C)C)cc-3oc2c1.[HH]. The van der Waals surface area contributed by atoms with E-state index < -0.39 is 23.9 Å². The second-order valence-corrected chi connectivity index (χ2v) is 15.8. The van der Waals surface area contributed by atoms with Crippen LogP contribution in [0.3, 0.4) is 0 Å². The Morgan fingerprint density at radius 1 is 0.797 bits per heavy atom. The third-order valence-electron chi connectivity index (χ3n) is 10.9. The van der Waals surface area contributed by atoms with E-state index in [9.17, 15) is 29.1 Å². The Balaban J connectivity index is 0.00000700. The number of rotatable bonds is 17. The molecule has 15 heteroatoms. The molecule has 3 amide bonds. The van der Waals surface area contributed by atoms with Crippen molar-refractivity contribution in [2.75, 3.05) is 52.8 Å². The number of para-hydroxylation sites is 1. The number of fused-ring (bicyclic) bond motifs is 4. The van der Waals surface area contributed by atoms with Gasteiger partial charge in [-0.1, -0.05) is 24.3 Å². The van der Waals surface area contributed by atoms with Gasteiger partial charge in [0.15, 0.2) is 0 Å². The van der Waals surface area contributed by atoms with Gasteiger partial charge in [-0.3, -0.25) is 19.2 Å². The summed E-state index contributed by atoms with van der Waals surface area (Å²) in [6.07, 6.45) is 0.950. The van der Waals surface area contributed by atoms with Gasteiger partial charge in [-0.15, -0.1) is 0 Å². The number of nitrogens with zero attached hydrogens (tertiary/aromatic N) is 2. The van der Waals surface area contributed by atoms with E-state index in [0.717, 1.165) is 16.6 Å². The molecule has 0 spiro atoms. The first-order valence-corrected chi connectivity index (χ1v) is 20.9. The van der Waals surface area contributed by atoms with Crippen molar-refractivity contribution in [2.45, 2.75) is 38.1 Å². The number of ether oxygens (including phenoxy) is 2. The second kappa shape index (κ2) is 19.6. The lowest BCUT2D eigenvalue weighted by Gasteiger charge is -2.29. The van der Waals surface area contributed by atoms with Gasteiger partial charge in [0, 0.05) is 104 Å². The summed E-state index contributed by atoms with van der Waals surface area (Å²) >= 11 is 0. The molecule has 3 aliphatic rings. The van der Waals surface area contributed by atoms with Gasteiger partial charge in [0.05, 0.1) is 31.1 Å². The van der Waals surface area contributed by atoms with Crippen LogP contribution in [0.2, 0.25) is 0 Å². The Labute approximate surface area is 370 Å². The third kappa shape index (κ3) is 10.2. The molecule has 7 rings (SSSR count). The molecular weight excluding hydrogens is 819 g/mol. The number of carbonyl (C=O) groups is 5. The van der Waals surface area contributed by atoms with Crippen LogP contribution in [0.15, 0.2) is 101 Å². The van der Waals surface area contributed by atoms with E-state index in [1.807, 2.05) is 92.3 Å². The molecule has 0 radical (unpaired) electrons. The van der Waals surface area contributed by atoms with E-state index in [4.69, 9.17) is 19.0 Å². The third-order valence-corrected chi connectivity index (χ3v) is 10.9. The van der Waals surface area contributed by atoms with E-state index in [0.29, 0.717) is 75.7 Å². The van der Waals surface area contributed by atoms with E-state index in [1.54, 1.807) is 36.4 Å². The van der Waals surface area contributed by atoms with Crippen molar-refractivity contribution >= 4 is 46.3 Å². The van der Waals surface area contributed by atoms with Crippen molar-refractivity contribution < 1.29 is 49.5 Å². The molecule has 2 heterocycles. The van der Waals surface area contributed by atoms with E-state index in [1.165, 1.54) is 6.07 Å². The van der Waals surface area contributed by atoms with E-state index in [2.05, 4.69) is 16.0 Å². The fourth-order valence-electron chi connectivity index (χ4n) is 7.57. The maximum Gasteiger partial charge on any atom is 0.303 e. The second-order valence-electron chi connectivity index (χ2n) is 15.8. The number of nitrogens with one attached hydrogen (secondary N) is 3. The van der Waals surface area contributed by atoms with Crippen molar-refractivity contribution in [3.05, 3.63) is 125 Å². The quantitative estimate of drug-likeness (QED) is 0.0535. The van der Waals surface area contributed by atoms with Crippen molar-refractivity contribution in [3.8, 4) is 39.7 Å². The van der Waals surface area contributed by atoms with E-state index >= 15 is 0 Å². The minimum absolute atomic E-state index is 0. The Morgan fingerprint density at radius 2 is 1.56 bits per heavy atom. The number of anilines is 1. The van der Waals surface area contributed by atoms with Crippen LogP contribution in [0.25, 0.3) is 33.4 Å². The van der Waals surface area contributed by atoms with Gasteiger partial charge < -0.3 is 49.7 Å². The lowest BCUT2D eigenvalue weighted by atomic mass is 9.89. The number of hydrogen-bond donors (Lipinski definition) is 4. The molecule has 64 heavy (non-hydrogen) atoms. The van der Waals surface area contributed by atoms with Gasteiger partial charge in [0.2, 0.25) is 17.2 Å². The van der Waals surface area contributed by atoms with Gasteiger partial charge in [-0.05, 0) is 66.9 Å². The average molecular weight is 870 g/mol. The summed E-state index contributed by atoms with van der Waals surface area (Å²) in [5.74, 6) is -1.38. The smallest absolute Gasteiger partial charge is 0.303 e. The van der Waals surface area contributed by atoms with Crippen LogP contribution in [0.4, 0.5) is 5.69 Å². The van der Waals surface area contributed by atoms with Gasteiger partial charge >= 0.3 is 5.97 Å². The molecule has 0 bridgehead atoms. The molecule has 0 saturated heterocycles. The fraction of sp³-hybridized carbons (Fsp3) is 0.265. The number of aliphatic carboxylic acids is 1. The topological polar surface area (TPSA) is 203 Å². The lowest BCUT2D eigenvalue weighted by molar-refractivity contribution is -0.255. The molecule has 332 valence electrons. The summed E-state index contributed by atoms with van der Waals surface area (Å²) < 4.78 is 20.4. The van der Waals surface area contributed by atoms with Crippen LogP contribution < -0.4 is 45.4 Å². The van der Waals surface area contributed by atoms with Gasteiger partial charge in [0.25, 0.3) is 5.91 Å². The maximum absolute atomic E-state index is 13.2. The normalized spacial score (nSPS) is 12.7. The summed E-state index contributed by atoms with van der Waals surface area (Å²) in [7, 11) is 7.69. The Hall–Kier alpha value is -7.68. The Morgan fingerprint density at radius 3 is 2.33 bits per heavy atom. The zero-order valence-electron chi connectivity index (χ0n) is 36.0. The molecule has 15 nitrogen and oxygen atoms in total. The van der Waals surface area contributed by atoms with Crippen LogP contribution >= 0.6 is 0 Å². The van der Waals surface area contributed by atoms with Gasteiger partial charge in [-0.25, -0.2) is 4.58 Å². The molecule has 0 fully saturated rings. The van der Waals surface area contributed by atoms with Gasteiger partial charge in [-0.2, -0.15) is 0 Å². The number of hydrogen-bond acceptors (Lipinski definition) is 10. The number of carboxylic acid groups (broad SMARTS) is 2. The fourth-order valence-corrected chi connectivity index (χ4v) is 7.57. The summed E-state index contributed by atoms with van der Waals surface area (Å²) in [6, 6.07) is 28.0. The minimum Gasteiger partial charge on any atom is -0.545 e. The van der Waals surface area contributed by atoms with Crippen LogP contribution in [-0.4, -0.2) is 82.7 Å². The number of unbranched alkanes of at least 4 members (excludes halogenated alkanes) is 1.